The second-order valence-corrected chi connectivity index (χ2v) is 4.90. The zero-order valence-electron chi connectivity index (χ0n) is 11.2. The second-order valence-electron chi connectivity index (χ2n) is 4.49. The van der Waals surface area contributed by atoms with E-state index >= 15 is 0 Å². The van der Waals surface area contributed by atoms with E-state index in [0.717, 1.165) is 5.56 Å². The van der Waals surface area contributed by atoms with E-state index in [-0.39, 0.29) is 11.7 Å². The normalized spacial score (nSPS) is 11.9. The number of pyridine rings is 1. The van der Waals surface area contributed by atoms with Crippen molar-refractivity contribution in [3.05, 3.63) is 58.7 Å². The molecule has 4 nitrogen and oxygen atoms in total. The van der Waals surface area contributed by atoms with Crippen LogP contribution in [0.2, 0.25) is 5.02 Å². The molecule has 1 heterocycles. The molecular formula is C15H15ClN2O2. The SMILES string of the molecule is CC(c1ccccc1Cl)N(C)c1cccc(C(=O)O)n1. The Bertz CT molecular complexity index is 631. The Labute approximate surface area is 122 Å². The van der Waals surface area contributed by atoms with E-state index in [9.17, 15) is 4.79 Å². The molecule has 104 valence electrons. The largest absolute Gasteiger partial charge is 0.477 e. The molecular weight excluding hydrogens is 276 g/mol. The molecule has 2 rings (SSSR count). The molecule has 0 radical (unpaired) electrons. The van der Waals surface area contributed by atoms with Crippen LogP contribution in [0.3, 0.4) is 0 Å². The van der Waals surface area contributed by atoms with E-state index in [2.05, 4.69) is 4.98 Å². The summed E-state index contributed by atoms with van der Waals surface area (Å²) < 4.78 is 0. The number of hydrogen-bond acceptors (Lipinski definition) is 3. The summed E-state index contributed by atoms with van der Waals surface area (Å²) in [7, 11) is 1.86. The van der Waals surface area contributed by atoms with Gasteiger partial charge in [-0.25, -0.2) is 9.78 Å². The summed E-state index contributed by atoms with van der Waals surface area (Å²) in [6.45, 7) is 2.00. The van der Waals surface area contributed by atoms with Crippen LogP contribution in [0.4, 0.5) is 5.82 Å². The molecule has 20 heavy (non-hydrogen) atoms. The lowest BCUT2D eigenvalue weighted by molar-refractivity contribution is 0.0690. The van der Waals surface area contributed by atoms with Crippen LogP contribution < -0.4 is 4.90 Å². The highest BCUT2D eigenvalue weighted by molar-refractivity contribution is 6.31. The van der Waals surface area contributed by atoms with Crippen molar-refractivity contribution in [2.45, 2.75) is 13.0 Å². The van der Waals surface area contributed by atoms with Crippen LogP contribution in [-0.4, -0.2) is 23.1 Å². The summed E-state index contributed by atoms with van der Waals surface area (Å²) in [4.78, 5) is 17.0. The number of carbonyl (C=O) groups is 1. The van der Waals surface area contributed by atoms with Crippen LogP contribution in [0.25, 0.3) is 0 Å². The van der Waals surface area contributed by atoms with Gasteiger partial charge in [0.25, 0.3) is 0 Å². The monoisotopic (exact) mass is 290 g/mol. The lowest BCUT2D eigenvalue weighted by atomic mass is 10.1. The summed E-state index contributed by atoms with van der Waals surface area (Å²) >= 11 is 6.19. The minimum atomic E-state index is -1.04. The standard InChI is InChI=1S/C15H15ClN2O2/c1-10(11-6-3-4-7-12(11)16)18(2)14-9-5-8-13(17-14)15(19)20/h3-10H,1-2H3,(H,19,20). The predicted molar refractivity (Wildman–Crippen MR) is 79.5 cm³/mol. The van der Waals surface area contributed by atoms with Gasteiger partial charge in [-0.05, 0) is 30.7 Å². The molecule has 1 atom stereocenters. The molecule has 2 aromatic rings. The lowest BCUT2D eigenvalue weighted by Gasteiger charge is -2.27. The molecule has 1 unspecified atom stereocenters. The first-order chi connectivity index (χ1) is 9.50. The van der Waals surface area contributed by atoms with E-state index in [1.54, 1.807) is 12.1 Å². The van der Waals surface area contributed by atoms with E-state index in [4.69, 9.17) is 16.7 Å². The Balaban J connectivity index is 2.31. The van der Waals surface area contributed by atoms with Gasteiger partial charge in [0.15, 0.2) is 5.69 Å². The van der Waals surface area contributed by atoms with Gasteiger partial charge in [0.2, 0.25) is 0 Å². The Morgan fingerprint density at radius 1 is 1.25 bits per heavy atom. The molecule has 0 fully saturated rings. The van der Waals surface area contributed by atoms with Crippen molar-refractivity contribution >= 4 is 23.4 Å². The van der Waals surface area contributed by atoms with Gasteiger partial charge in [-0.1, -0.05) is 35.9 Å². The molecule has 0 spiro atoms. The fourth-order valence-electron chi connectivity index (χ4n) is 1.96. The number of carboxylic acid groups (broad SMARTS) is 1. The first-order valence-electron chi connectivity index (χ1n) is 6.18. The summed E-state index contributed by atoms with van der Waals surface area (Å²) in [5.74, 6) is -0.442. The number of anilines is 1. The number of aromatic nitrogens is 1. The van der Waals surface area contributed by atoms with Crippen LogP contribution >= 0.6 is 11.6 Å². The number of nitrogens with zero attached hydrogens (tertiary/aromatic N) is 2. The van der Waals surface area contributed by atoms with Crippen molar-refractivity contribution in [1.82, 2.24) is 4.98 Å². The van der Waals surface area contributed by atoms with Crippen molar-refractivity contribution in [2.75, 3.05) is 11.9 Å². The zero-order valence-corrected chi connectivity index (χ0v) is 12.0. The molecule has 1 aromatic heterocycles. The van der Waals surface area contributed by atoms with Crippen molar-refractivity contribution < 1.29 is 9.90 Å². The van der Waals surface area contributed by atoms with Crippen LogP contribution in [-0.2, 0) is 0 Å². The number of aromatic carboxylic acids is 1. The summed E-state index contributed by atoms with van der Waals surface area (Å²) in [5.41, 5.74) is 1.000. The van der Waals surface area contributed by atoms with Gasteiger partial charge in [0, 0.05) is 12.1 Å². The van der Waals surface area contributed by atoms with Crippen molar-refractivity contribution in [3.63, 3.8) is 0 Å². The molecule has 0 amide bonds. The van der Waals surface area contributed by atoms with Gasteiger partial charge in [0.1, 0.15) is 5.82 Å². The zero-order chi connectivity index (χ0) is 14.7. The molecule has 1 aromatic carbocycles. The molecule has 0 bridgehead atoms. The van der Waals surface area contributed by atoms with Gasteiger partial charge in [-0.3, -0.25) is 0 Å². The highest BCUT2D eigenvalue weighted by Crippen LogP contribution is 2.28. The highest BCUT2D eigenvalue weighted by atomic mass is 35.5. The number of rotatable bonds is 4. The number of benzene rings is 1. The van der Waals surface area contributed by atoms with Crippen molar-refractivity contribution in [2.24, 2.45) is 0 Å². The Kier molecular flexibility index (Phi) is 4.25. The molecule has 0 saturated heterocycles. The fraction of sp³-hybridized carbons (Fsp3) is 0.200. The van der Waals surface area contributed by atoms with Crippen molar-refractivity contribution in [3.8, 4) is 0 Å². The minimum absolute atomic E-state index is 0.0137. The maximum absolute atomic E-state index is 11.0. The van der Waals surface area contributed by atoms with Gasteiger partial charge in [-0.15, -0.1) is 0 Å². The number of hydrogen-bond donors (Lipinski definition) is 1. The summed E-state index contributed by atoms with van der Waals surface area (Å²) in [6, 6.07) is 12.5. The van der Waals surface area contributed by atoms with E-state index in [1.807, 2.05) is 43.1 Å². The molecule has 0 saturated carbocycles. The highest BCUT2D eigenvalue weighted by Gasteiger charge is 2.17. The summed E-state index contributed by atoms with van der Waals surface area (Å²) in [5, 5.41) is 9.67. The first-order valence-corrected chi connectivity index (χ1v) is 6.56. The van der Waals surface area contributed by atoms with Crippen LogP contribution in [0.15, 0.2) is 42.5 Å². The van der Waals surface area contributed by atoms with Gasteiger partial charge < -0.3 is 10.0 Å². The van der Waals surface area contributed by atoms with Crippen LogP contribution in [0.5, 0.6) is 0 Å². The lowest BCUT2D eigenvalue weighted by Crippen LogP contribution is -2.23. The van der Waals surface area contributed by atoms with Crippen LogP contribution in [0, 0.1) is 0 Å². The summed E-state index contributed by atoms with van der Waals surface area (Å²) in [6.07, 6.45) is 0. The third kappa shape index (κ3) is 2.91. The van der Waals surface area contributed by atoms with Crippen LogP contribution in [0.1, 0.15) is 29.0 Å². The van der Waals surface area contributed by atoms with E-state index in [1.165, 1.54) is 6.07 Å². The smallest absolute Gasteiger partial charge is 0.354 e. The quantitative estimate of drug-likeness (QED) is 0.934. The molecule has 0 aliphatic carbocycles. The third-order valence-electron chi connectivity index (χ3n) is 3.25. The van der Waals surface area contributed by atoms with Gasteiger partial charge >= 0.3 is 5.97 Å². The molecule has 0 aliphatic rings. The molecule has 1 N–H and O–H groups in total. The van der Waals surface area contributed by atoms with Gasteiger partial charge in [0.05, 0.1) is 6.04 Å². The Morgan fingerprint density at radius 2 is 1.95 bits per heavy atom. The fourth-order valence-corrected chi connectivity index (χ4v) is 2.25. The maximum atomic E-state index is 11.0. The van der Waals surface area contributed by atoms with Gasteiger partial charge in [-0.2, -0.15) is 0 Å². The van der Waals surface area contributed by atoms with E-state index < -0.39 is 5.97 Å². The molecule has 5 heteroatoms. The van der Waals surface area contributed by atoms with E-state index in [0.29, 0.717) is 10.8 Å². The Morgan fingerprint density at radius 3 is 2.60 bits per heavy atom. The van der Waals surface area contributed by atoms with Crippen molar-refractivity contribution in [1.29, 1.82) is 0 Å². The topological polar surface area (TPSA) is 53.4 Å². The average molecular weight is 291 g/mol. The third-order valence-corrected chi connectivity index (χ3v) is 3.60. The number of carboxylic acids is 1. The number of halogens is 1. The minimum Gasteiger partial charge on any atom is -0.477 e. The predicted octanol–water partition coefficient (Wildman–Crippen LogP) is 3.63. The second kappa shape index (κ2) is 5.92. The first kappa shape index (κ1) is 14.3. The Hall–Kier alpha value is -2.07. The molecule has 0 aliphatic heterocycles. The maximum Gasteiger partial charge on any atom is 0.354 e. The average Bonchev–Trinajstić information content (AvgIpc) is 2.46.